The van der Waals surface area contributed by atoms with Gasteiger partial charge in [0.1, 0.15) is 34.6 Å². The van der Waals surface area contributed by atoms with E-state index < -0.39 is 24.3 Å². The number of alkyl carbamates (subject to hydrolysis) is 1. The summed E-state index contributed by atoms with van der Waals surface area (Å²) in [7, 11) is 2.76. The van der Waals surface area contributed by atoms with Crippen LogP contribution < -0.4 is 5.32 Å². The normalized spacial score (nSPS) is 23.5. The molecule has 4 heterocycles. The number of H-pyrrole nitrogens is 2. The molecule has 318 valence electrons. The molecule has 14 nitrogen and oxygen atoms in total. The number of fused-ring (bicyclic) bond motifs is 3. The van der Waals surface area contributed by atoms with Crippen LogP contribution in [0.2, 0.25) is 5.15 Å². The first-order chi connectivity index (χ1) is 29.2. The number of benzene rings is 3. The van der Waals surface area contributed by atoms with Gasteiger partial charge in [-0.2, -0.15) is 0 Å². The number of likely N-dealkylation sites (N-methyl/N-ethyl adjacent to an activating group) is 1. The molecule has 15 heteroatoms. The van der Waals surface area contributed by atoms with Crippen molar-refractivity contribution in [2.45, 2.75) is 89.6 Å². The molecule has 5 aromatic rings. The number of halogens is 1. The number of carbonyl (C=O) groups is 4. The molecule has 4 N–H and O–H groups in total. The number of nitrogens with one attached hydrogen (secondary N) is 3. The van der Waals surface area contributed by atoms with Crippen molar-refractivity contribution in [3.05, 3.63) is 83.7 Å². The van der Waals surface area contributed by atoms with E-state index in [0.29, 0.717) is 28.5 Å². The maximum Gasteiger partial charge on any atom is 0.407 e. The lowest BCUT2D eigenvalue weighted by Crippen LogP contribution is -2.52. The molecule has 0 bridgehead atoms. The molecule has 2 aromatic heterocycles. The smallest absolute Gasteiger partial charge is 0.407 e. The SMILES string of the molecule is COC(=O)N[C@H](C(=O)N1[C@@H]2C[C@@H]2C[C@H]1c1nc(-c2ccc(-c3ccc4cc(-c5cnc([C@@H]6C[C@H]7C[C@H]7N6C(=O)[C@H](C(C)C)N(C)C(=O)O)[nH]5)ccc4c3)cc2)c(Cl)[nH]1)C(C)C. The number of hydrogen-bond donors (Lipinski definition) is 4. The minimum absolute atomic E-state index is 0.119. The number of amides is 4. The van der Waals surface area contributed by atoms with E-state index in [1.165, 1.54) is 14.2 Å². The minimum Gasteiger partial charge on any atom is -0.465 e. The Bertz CT molecular complexity index is 2530. The number of imidazole rings is 2. The van der Waals surface area contributed by atoms with Gasteiger partial charge in [0.15, 0.2) is 0 Å². The van der Waals surface area contributed by atoms with Crippen molar-refractivity contribution in [2.75, 3.05) is 14.2 Å². The number of hydrogen-bond acceptors (Lipinski definition) is 7. The summed E-state index contributed by atoms with van der Waals surface area (Å²) in [5.74, 6) is 1.57. The summed E-state index contributed by atoms with van der Waals surface area (Å²) in [6, 6.07) is 19.0. The average Bonchev–Trinajstić information content (AvgIpc) is 3.88. The largest absolute Gasteiger partial charge is 0.465 e. The molecule has 2 aliphatic carbocycles. The van der Waals surface area contributed by atoms with E-state index in [1.54, 1.807) is 0 Å². The van der Waals surface area contributed by atoms with Gasteiger partial charge in [0.05, 0.1) is 31.1 Å². The van der Waals surface area contributed by atoms with E-state index in [4.69, 9.17) is 26.3 Å². The van der Waals surface area contributed by atoms with Gasteiger partial charge >= 0.3 is 12.2 Å². The van der Waals surface area contributed by atoms with Gasteiger partial charge in [-0.15, -0.1) is 0 Å². The van der Waals surface area contributed by atoms with Gasteiger partial charge in [0, 0.05) is 30.3 Å². The molecule has 4 amide bonds. The van der Waals surface area contributed by atoms with Gasteiger partial charge in [-0.3, -0.25) is 14.5 Å². The predicted octanol–water partition coefficient (Wildman–Crippen LogP) is 8.28. The fourth-order valence-electron chi connectivity index (χ4n) is 9.85. The van der Waals surface area contributed by atoms with Crippen LogP contribution in [0.3, 0.4) is 0 Å². The number of rotatable bonds is 11. The van der Waals surface area contributed by atoms with E-state index in [9.17, 15) is 24.3 Å². The first-order valence-electron chi connectivity index (χ1n) is 21.1. The lowest BCUT2D eigenvalue weighted by molar-refractivity contribution is -0.140. The Morgan fingerprint density at radius 3 is 1.97 bits per heavy atom. The van der Waals surface area contributed by atoms with E-state index >= 15 is 0 Å². The first-order valence-corrected chi connectivity index (χ1v) is 21.5. The summed E-state index contributed by atoms with van der Waals surface area (Å²) >= 11 is 6.78. The summed E-state index contributed by atoms with van der Waals surface area (Å²) in [4.78, 5) is 73.0. The minimum atomic E-state index is -1.12. The summed E-state index contributed by atoms with van der Waals surface area (Å²) in [6.45, 7) is 7.57. The first kappa shape index (κ1) is 40.5. The van der Waals surface area contributed by atoms with Crippen LogP contribution in [0.1, 0.15) is 77.1 Å². The van der Waals surface area contributed by atoms with Crippen molar-refractivity contribution in [2.24, 2.45) is 23.7 Å². The highest BCUT2D eigenvalue weighted by atomic mass is 35.5. The molecule has 0 spiro atoms. The van der Waals surface area contributed by atoms with Crippen molar-refractivity contribution in [1.82, 2.24) is 40.0 Å². The van der Waals surface area contributed by atoms with E-state index in [-0.39, 0.29) is 47.8 Å². The van der Waals surface area contributed by atoms with Crippen molar-refractivity contribution < 1.29 is 29.0 Å². The Kier molecular flexibility index (Phi) is 10.3. The molecule has 3 aromatic carbocycles. The molecule has 8 atom stereocenters. The van der Waals surface area contributed by atoms with E-state index in [0.717, 1.165) is 75.1 Å². The number of ether oxygens (including phenoxy) is 1. The zero-order chi connectivity index (χ0) is 43.0. The van der Waals surface area contributed by atoms with Gasteiger partial charge in [-0.25, -0.2) is 19.6 Å². The molecule has 0 radical (unpaired) electrons. The van der Waals surface area contributed by atoms with Crippen LogP contribution >= 0.6 is 11.6 Å². The highest BCUT2D eigenvalue weighted by Gasteiger charge is 2.57. The Labute approximate surface area is 359 Å². The molecular weight excluding hydrogens is 796 g/mol. The number of carbonyl (C=O) groups excluding carboxylic acids is 3. The maximum absolute atomic E-state index is 13.9. The van der Waals surface area contributed by atoms with Gasteiger partial charge in [-0.1, -0.05) is 87.8 Å². The molecule has 2 saturated carbocycles. The number of methoxy groups -OCH3 is 1. The van der Waals surface area contributed by atoms with Crippen LogP contribution in [0.5, 0.6) is 0 Å². The van der Waals surface area contributed by atoms with E-state index in [2.05, 4.69) is 63.8 Å². The molecule has 2 aliphatic heterocycles. The summed E-state index contributed by atoms with van der Waals surface area (Å²) < 4.78 is 4.80. The van der Waals surface area contributed by atoms with Crippen LogP contribution in [-0.2, 0) is 14.3 Å². The molecule has 61 heavy (non-hydrogen) atoms. The fraction of sp³-hybridized carbons (Fsp3) is 0.435. The topological polar surface area (TPSA) is 177 Å². The summed E-state index contributed by atoms with van der Waals surface area (Å²) in [5, 5.41) is 15.0. The van der Waals surface area contributed by atoms with Gasteiger partial charge in [-0.05, 0) is 83.4 Å². The zero-order valence-corrected chi connectivity index (χ0v) is 35.8. The molecular formula is C46H51ClN8O6. The second kappa shape index (κ2) is 15.5. The van der Waals surface area contributed by atoms with Crippen molar-refractivity contribution in [1.29, 1.82) is 0 Å². The standard InChI is InChI=1S/C46H51ClN8O6/c1-22(2)37(51-45(58)61-6)43(56)54-33-17-31(33)20-36(54)42-50-38(40(47)52-42)25-9-7-24(8-10-25)26-11-12-28-16-29(14-13-27(28)15-26)32-21-48-41(49-32)35-19-30-18-34(30)55(35)44(57)39(23(3)4)53(5)46(59)60/h7-16,21-23,30-31,33-37,39H,17-20H2,1-6H3,(H,48,49)(H,50,52)(H,51,58)(H,59,60)/t30-,31-,33-,34-,35+,36+,37+,39+/m1/s1. The molecule has 2 saturated heterocycles. The predicted molar refractivity (Wildman–Crippen MR) is 230 cm³/mol. The van der Waals surface area contributed by atoms with Gasteiger partial charge in [0.25, 0.3) is 0 Å². The van der Waals surface area contributed by atoms with Gasteiger partial charge in [0.2, 0.25) is 11.8 Å². The number of aromatic amines is 2. The van der Waals surface area contributed by atoms with Gasteiger partial charge < -0.3 is 34.9 Å². The van der Waals surface area contributed by atoms with E-state index in [1.807, 2.05) is 55.8 Å². The number of aromatic nitrogens is 4. The average molecular weight is 847 g/mol. The maximum atomic E-state index is 13.9. The molecule has 4 aliphatic rings. The third-order valence-corrected chi connectivity index (χ3v) is 13.5. The number of nitrogens with zero attached hydrogens (tertiary/aromatic N) is 5. The number of carboxylic acid groups (broad SMARTS) is 1. The molecule has 9 rings (SSSR count). The van der Waals surface area contributed by atoms with Crippen LogP contribution in [0, 0.1) is 23.7 Å². The summed E-state index contributed by atoms with van der Waals surface area (Å²) in [6.07, 6.45) is 3.54. The zero-order valence-electron chi connectivity index (χ0n) is 35.1. The highest BCUT2D eigenvalue weighted by molar-refractivity contribution is 6.32. The van der Waals surface area contributed by atoms with Crippen LogP contribution in [0.4, 0.5) is 9.59 Å². The number of likely N-dealkylation sites (tertiary alicyclic amines) is 2. The van der Waals surface area contributed by atoms with Crippen LogP contribution in [0.15, 0.2) is 66.9 Å². The Morgan fingerprint density at radius 2 is 1.36 bits per heavy atom. The fourth-order valence-corrected chi connectivity index (χ4v) is 10.1. The van der Waals surface area contributed by atoms with Crippen molar-refractivity contribution in [3.63, 3.8) is 0 Å². The quantitative estimate of drug-likeness (QED) is 0.103. The number of piperidine rings is 2. The van der Waals surface area contributed by atoms with Crippen molar-refractivity contribution >= 4 is 46.4 Å². The van der Waals surface area contributed by atoms with Crippen molar-refractivity contribution in [3.8, 4) is 33.6 Å². The lowest BCUT2D eigenvalue weighted by atomic mass is 9.98. The third-order valence-electron chi connectivity index (χ3n) is 13.3. The lowest BCUT2D eigenvalue weighted by Gasteiger charge is -2.35. The Morgan fingerprint density at radius 1 is 0.787 bits per heavy atom. The third kappa shape index (κ3) is 7.38. The Hall–Kier alpha value is -5.89. The van der Waals surface area contributed by atoms with Crippen LogP contribution in [-0.4, -0.2) is 102 Å². The van der Waals surface area contributed by atoms with Crippen LogP contribution in [0.25, 0.3) is 44.4 Å². The second-order valence-corrected chi connectivity index (χ2v) is 18.3. The molecule has 4 fully saturated rings. The highest BCUT2D eigenvalue weighted by Crippen LogP contribution is 2.55. The summed E-state index contributed by atoms with van der Waals surface area (Å²) in [5.41, 5.74) is 5.39. The molecule has 0 unspecified atom stereocenters. The Balaban J connectivity index is 0.898. The monoisotopic (exact) mass is 846 g/mol. The second-order valence-electron chi connectivity index (χ2n) is 17.9.